The van der Waals surface area contributed by atoms with Crippen LogP contribution >= 0.6 is 11.3 Å². The molecule has 3 aromatic rings. The van der Waals surface area contributed by atoms with Gasteiger partial charge in [-0.25, -0.2) is 4.98 Å². The van der Waals surface area contributed by atoms with Gasteiger partial charge < -0.3 is 28.6 Å². The summed E-state index contributed by atoms with van der Waals surface area (Å²) in [7, 11) is 6.24. The summed E-state index contributed by atoms with van der Waals surface area (Å²) in [6, 6.07) is 9.16. The van der Waals surface area contributed by atoms with Crippen LogP contribution in [0.4, 0.5) is 0 Å². The highest BCUT2D eigenvalue weighted by atomic mass is 32.1. The number of methoxy groups -OCH3 is 4. The second kappa shape index (κ2) is 9.52. The third-order valence-electron chi connectivity index (χ3n) is 5.48. The molecule has 8 nitrogen and oxygen atoms in total. The van der Waals surface area contributed by atoms with E-state index in [1.165, 1.54) is 32.7 Å². The number of hydrogen-bond donors (Lipinski definition) is 0. The van der Waals surface area contributed by atoms with Crippen molar-refractivity contribution in [2.75, 3.05) is 41.5 Å². The number of rotatable bonds is 7. The molecule has 1 amide bonds. The van der Waals surface area contributed by atoms with Crippen molar-refractivity contribution in [2.24, 2.45) is 0 Å². The van der Waals surface area contributed by atoms with Gasteiger partial charge in [-0.05, 0) is 24.3 Å². The highest BCUT2D eigenvalue weighted by Crippen LogP contribution is 2.39. The Labute approximate surface area is 190 Å². The Morgan fingerprint density at radius 1 is 0.969 bits per heavy atom. The van der Waals surface area contributed by atoms with Crippen LogP contribution < -0.4 is 23.7 Å². The molecule has 1 fully saturated rings. The number of carbonyl (C=O) groups excluding carboxylic acids is 1. The predicted octanol–water partition coefficient (Wildman–Crippen LogP) is 4.01. The summed E-state index contributed by atoms with van der Waals surface area (Å²) in [5, 5.41) is 0.641. The van der Waals surface area contributed by atoms with Crippen molar-refractivity contribution < 1.29 is 28.5 Å². The molecular formula is C23H26N2O6S. The van der Waals surface area contributed by atoms with Gasteiger partial charge in [-0.2, -0.15) is 0 Å². The normalized spacial score (nSPS) is 14.3. The fourth-order valence-corrected chi connectivity index (χ4v) is 4.63. The summed E-state index contributed by atoms with van der Waals surface area (Å²) in [5.41, 5.74) is 1.36. The SMILES string of the molecule is COc1ccc2sc(OC3CCN(C(=O)c4cc(OC)c(OC)c(OC)c4)CC3)nc2c1. The number of aromatic nitrogens is 1. The quantitative estimate of drug-likeness (QED) is 0.529. The number of amides is 1. The van der Waals surface area contributed by atoms with E-state index in [0.29, 0.717) is 41.1 Å². The third-order valence-corrected chi connectivity index (χ3v) is 6.41. The van der Waals surface area contributed by atoms with E-state index in [2.05, 4.69) is 4.98 Å². The van der Waals surface area contributed by atoms with E-state index in [-0.39, 0.29) is 12.0 Å². The molecule has 1 aromatic heterocycles. The van der Waals surface area contributed by atoms with Gasteiger partial charge >= 0.3 is 0 Å². The predicted molar refractivity (Wildman–Crippen MR) is 122 cm³/mol. The molecule has 2 heterocycles. The molecule has 0 unspecified atom stereocenters. The Kier molecular flexibility index (Phi) is 6.55. The van der Waals surface area contributed by atoms with Crippen molar-refractivity contribution in [3.63, 3.8) is 0 Å². The molecule has 0 aliphatic carbocycles. The Morgan fingerprint density at radius 2 is 1.66 bits per heavy atom. The first kappa shape index (κ1) is 22.0. The molecule has 0 N–H and O–H groups in total. The van der Waals surface area contributed by atoms with Crippen LogP contribution in [0.15, 0.2) is 30.3 Å². The van der Waals surface area contributed by atoms with Crippen LogP contribution in [-0.2, 0) is 0 Å². The number of carbonyl (C=O) groups is 1. The molecule has 4 rings (SSSR count). The molecule has 170 valence electrons. The zero-order valence-electron chi connectivity index (χ0n) is 18.5. The molecule has 2 aromatic carbocycles. The highest BCUT2D eigenvalue weighted by molar-refractivity contribution is 7.20. The van der Waals surface area contributed by atoms with Crippen molar-refractivity contribution in [2.45, 2.75) is 18.9 Å². The van der Waals surface area contributed by atoms with Crippen LogP contribution in [0.2, 0.25) is 0 Å². The average Bonchev–Trinajstić information content (AvgIpc) is 3.24. The van der Waals surface area contributed by atoms with Gasteiger partial charge in [-0.15, -0.1) is 0 Å². The summed E-state index contributed by atoms with van der Waals surface area (Å²) in [5.74, 6) is 2.08. The second-order valence-corrected chi connectivity index (χ2v) is 8.33. The van der Waals surface area contributed by atoms with Gasteiger partial charge in [0, 0.05) is 37.6 Å². The molecule has 1 aliphatic rings. The standard InChI is InChI=1S/C23H26N2O6S/c1-27-16-5-6-20-17(13-16)24-23(32-20)31-15-7-9-25(10-8-15)22(26)14-11-18(28-2)21(30-4)19(12-14)29-3/h5-6,11-13,15H,7-10H2,1-4H3. The maximum Gasteiger partial charge on any atom is 0.274 e. The number of nitrogens with zero attached hydrogens (tertiary/aromatic N) is 2. The number of benzene rings is 2. The minimum atomic E-state index is -0.0743. The number of likely N-dealkylation sites (tertiary alicyclic amines) is 1. The van der Waals surface area contributed by atoms with Gasteiger partial charge in [0.2, 0.25) is 5.75 Å². The van der Waals surface area contributed by atoms with Crippen LogP contribution in [0.3, 0.4) is 0 Å². The average molecular weight is 459 g/mol. The number of hydrogen-bond acceptors (Lipinski definition) is 8. The molecule has 0 atom stereocenters. The van der Waals surface area contributed by atoms with Gasteiger partial charge in [-0.3, -0.25) is 4.79 Å². The Balaban J connectivity index is 1.41. The topological polar surface area (TPSA) is 79.4 Å². The Hall–Kier alpha value is -3.20. The first-order chi connectivity index (χ1) is 15.6. The molecule has 1 aliphatic heterocycles. The van der Waals surface area contributed by atoms with Crippen molar-refractivity contribution in [1.29, 1.82) is 0 Å². The fourth-order valence-electron chi connectivity index (χ4n) is 3.77. The minimum absolute atomic E-state index is 0.0152. The molecule has 32 heavy (non-hydrogen) atoms. The number of ether oxygens (including phenoxy) is 5. The summed E-state index contributed by atoms with van der Waals surface area (Å²) < 4.78 is 28.5. The lowest BCUT2D eigenvalue weighted by molar-refractivity contribution is 0.0595. The van der Waals surface area contributed by atoms with Crippen molar-refractivity contribution in [3.05, 3.63) is 35.9 Å². The maximum absolute atomic E-state index is 13.1. The number of piperidine rings is 1. The lowest BCUT2D eigenvalue weighted by Gasteiger charge is -2.31. The smallest absolute Gasteiger partial charge is 0.274 e. The fraction of sp³-hybridized carbons (Fsp3) is 0.391. The zero-order chi connectivity index (χ0) is 22.7. The number of fused-ring (bicyclic) bond motifs is 1. The third kappa shape index (κ3) is 4.38. The van der Waals surface area contributed by atoms with Crippen molar-refractivity contribution >= 4 is 27.5 Å². The van der Waals surface area contributed by atoms with Gasteiger partial charge in [0.05, 0.1) is 38.7 Å². The molecule has 0 radical (unpaired) electrons. The zero-order valence-corrected chi connectivity index (χ0v) is 19.4. The van der Waals surface area contributed by atoms with Crippen LogP contribution in [0.1, 0.15) is 23.2 Å². The van der Waals surface area contributed by atoms with E-state index in [0.717, 1.165) is 28.8 Å². The summed E-state index contributed by atoms with van der Waals surface area (Å²) in [4.78, 5) is 19.5. The first-order valence-electron chi connectivity index (χ1n) is 10.3. The molecule has 0 spiro atoms. The summed E-state index contributed by atoms with van der Waals surface area (Å²) >= 11 is 1.52. The Bertz CT molecular complexity index is 1080. The first-order valence-corrected chi connectivity index (χ1v) is 11.1. The van der Waals surface area contributed by atoms with E-state index in [4.69, 9.17) is 23.7 Å². The van der Waals surface area contributed by atoms with Crippen LogP contribution in [0, 0.1) is 0 Å². The van der Waals surface area contributed by atoms with E-state index >= 15 is 0 Å². The van der Waals surface area contributed by atoms with E-state index < -0.39 is 0 Å². The van der Waals surface area contributed by atoms with E-state index in [9.17, 15) is 4.79 Å². The van der Waals surface area contributed by atoms with Gasteiger partial charge in [0.25, 0.3) is 11.1 Å². The van der Waals surface area contributed by atoms with Crippen molar-refractivity contribution in [3.8, 4) is 28.2 Å². The maximum atomic E-state index is 13.1. The molecule has 1 saturated heterocycles. The van der Waals surface area contributed by atoms with Crippen LogP contribution in [-0.4, -0.2) is 63.4 Å². The molecule has 0 bridgehead atoms. The second-order valence-electron chi connectivity index (χ2n) is 7.34. The van der Waals surface area contributed by atoms with Gasteiger partial charge in [-0.1, -0.05) is 11.3 Å². The van der Waals surface area contributed by atoms with Gasteiger partial charge in [0.15, 0.2) is 11.5 Å². The minimum Gasteiger partial charge on any atom is -0.497 e. The Morgan fingerprint density at radius 3 is 2.25 bits per heavy atom. The molecular weight excluding hydrogens is 432 g/mol. The van der Waals surface area contributed by atoms with Crippen LogP contribution in [0.5, 0.6) is 28.2 Å². The van der Waals surface area contributed by atoms with Gasteiger partial charge in [0.1, 0.15) is 11.9 Å². The molecule has 9 heteroatoms. The highest BCUT2D eigenvalue weighted by Gasteiger charge is 2.27. The number of thiazole rings is 1. The van der Waals surface area contributed by atoms with E-state index in [1.807, 2.05) is 23.1 Å². The lowest BCUT2D eigenvalue weighted by Crippen LogP contribution is -2.41. The summed E-state index contributed by atoms with van der Waals surface area (Å²) in [6.45, 7) is 1.19. The monoisotopic (exact) mass is 458 g/mol. The lowest BCUT2D eigenvalue weighted by atomic mass is 10.1. The van der Waals surface area contributed by atoms with Crippen molar-refractivity contribution in [1.82, 2.24) is 9.88 Å². The van der Waals surface area contributed by atoms with E-state index in [1.54, 1.807) is 19.2 Å². The largest absolute Gasteiger partial charge is 0.497 e. The molecule has 0 saturated carbocycles. The van der Waals surface area contributed by atoms with Crippen LogP contribution in [0.25, 0.3) is 10.2 Å². The summed E-state index contributed by atoms with van der Waals surface area (Å²) in [6.07, 6.45) is 1.48.